The molecule has 7 heterocycles. The summed E-state index contributed by atoms with van der Waals surface area (Å²) in [5, 5.41) is 13.0. The molecular formula is C44H48ClN9O5S. The molecule has 0 aliphatic carbocycles. The van der Waals surface area contributed by atoms with Gasteiger partial charge in [-0.05, 0) is 95.7 Å². The van der Waals surface area contributed by atoms with Crippen molar-refractivity contribution in [1.29, 1.82) is 0 Å². The maximum atomic E-state index is 14.1. The van der Waals surface area contributed by atoms with E-state index in [0.717, 1.165) is 76.3 Å². The Hall–Kier alpha value is -5.25. The maximum absolute atomic E-state index is 14.1. The van der Waals surface area contributed by atoms with Gasteiger partial charge < -0.3 is 9.80 Å². The zero-order valence-corrected chi connectivity index (χ0v) is 36.0. The van der Waals surface area contributed by atoms with Crippen LogP contribution in [0.15, 0.2) is 47.5 Å². The van der Waals surface area contributed by atoms with Crippen molar-refractivity contribution in [1.82, 2.24) is 34.8 Å². The number of carbonyl (C=O) groups excluding carboxylic acids is 5. The lowest BCUT2D eigenvalue weighted by atomic mass is 9.93. The van der Waals surface area contributed by atoms with E-state index in [1.165, 1.54) is 4.88 Å². The van der Waals surface area contributed by atoms with Gasteiger partial charge in [0, 0.05) is 77.9 Å². The van der Waals surface area contributed by atoms with Crippen molar-refractivity contribution >= 4 is 63.9 Å². The molecule has 0 saturated carbocycles. The van der Waals surface area contributed by atoms with Crippen molar-refractivity contribution in [2.24, 2.45) is 10.9 Å². The van der Waals surface area contributed by atoms with Crippen LogP contribution in [0, 0.1) is 26.7 Å². The Morgan fingerprint density at radius 1 is 0.900 bits per heavy atom. The number of halogens is 1. The van der Waals surface area contributed by atoms with Crippen molar-refractivity contribution in [2.75, 3.05) is 37.6 Å². The third-order valence-corrected chi connectivity index (χ3v) is 14.5. The Balaban J connectivity index is 0.839. The van der Waals surface area contributed by atoms with Crippen molar-refractivity contribution in [3.8, 4) is 5.00 Å². The zero-order valence-electron chi connectivity index (χ0n) is 34.4. The third kappa shape index (κ3) is 7.03. The van der Waals surface area contributed by atoms with E-state index in [4.69, 9.17) is 16.6 Å². The van der Waals surface area contributed by atoms with Crippen LogP contribution in [0.1, 0.15) is 106 Å². The minimum atomic E-state index is -0.993. The number of thiophene rings is 1. The van der Waals surface area contributed by atoms with Crippen LogP contribution in [0.25, 0.3) is 5.00 Å². The lowest BCUT2D eigenvalue weighted by Crippen LogP contribution is -2.58. The summed E-state index contributed by atoms with van der Waals surface area (Å²) in [6.45, 7) is 14.4. The SMILES string of the molecule is Cc1sc2c(c1C)C(c1ccc(Cl)cc1)=N[C@@H](CC(=O)N1CCC(CN3C(C)CN(c4ccc5c(c4)C(=O)N(C4CCC(=O)NC4=O)C5=O)CC3C)CC1)c1nnc(C)n1-2. The molecule has 16 heteroatoms. The standard InChI is InChI=1S/C44H48ClN9O5S/c1-23-20-51(31-10-11-32-33(18-31)43(59)54(42(32)58)35-12-13-36(55)47-41(35)57)21-24(2)52(23)22-28-14-16-50(17-15-28)37(56)19-34-40-49-48-27(5)53(40)44-38(25(3)26(4)60-44)39(46-34)29-6-8-30(45)9-7-29/h6-11,18,23-24,28,34-35H,12-17,19-22H2,1-5H3,(H,47,55,57)/t23?,24?,34-,35?/m0/s1. The number of benzene rings is 2. The highest BCUT2D eigenvalue weighted by Crippen LogP contribution is 2.40. The van der Waals surface area contributed by atoms with E-state index in [1.54, 1.807) is 23.5 Å². The smallest absolute Gasteiger partial charge is 0.262 e. The highest BCUT2D eigenvalue weighted by Gasteiger charge is 2.45. The van der Waals surface area contributed by atoms with Crippen LogP contribution in [0.3, 0.4) is 0 Å². The minimum absolute atomic E-state index is 0.0631. The summed E-state index contributed by atoms with van der Waals surface area (Å²) in [4.78, 5) is 79.4. The fourth-order valence-electron chi connectivity index (χ4n) is 9.67. The molecule has 2 aromatic heterocycles. The summed E-state index contributed by atoms with van der Waals surface area (Å²) in [6.07, 6.45) is 2.21. The number of piperazine rings is 1. The molecule has 60 heavy (non-hydrogen) atoms. The highest BCUT2D eigenvalue weighted by molar-refractivity contribution is 7.15. The molecule has 3 unspecified atom stereocenters. The fourth-order valence-corrected chi connectivity index (χ4v) is 11.0. The average Bonchev–Trinajstić information content (AvgIpc) is 3.80. The number of likely N-dealkylation sites (tertiary alicyclic amines) is 1. The first-order valence-corrected chi connectivity index (χ1v) is 22.0. The van der Waals surface area contributed by atoms with Gasteiger partial charge in [-0.3, -0.25) is 48.6 Å². The van der Waals surface area contributed by atoms with Gasteiger partial charge in [0.1, 0.15) is 22.9 Å². The van der Waals surface area contributed by atoms with E-state index in [1.807, 2.05) is 42.2 Å². The van der Waals surface area contributed by atoms with Gasteiger partial charge in [-0.2, -0.15) is 0 Å². The first-order valence-electron chi connectivity index (χ1n) is 20.8. The van der Waals surface area contributed by atoms with E-state index in [0.29, 0.717) is 29.9 Å². The van der Waals surface area contributed by atoms with E-state index >= 15 is 0 Å². The lowest BCUT2D eigenvalue weighted by Gasteiger charge is -2.47. The lowest BCUT2D eigenvalue weighted by molar-refractivity contribution is -0.136. The number of aryl methyl sites for hydroxylation is 2. The van der Waals surface area contributed by atoms with Gasteiger partial charge >= 0.3 is 0 Å². The molecule has 5 aliphatic rings. The molecule has 4 aromatic rings. The van der Waals surface area contributed by atoms with Gasteiger partial charge in [0.15, 0.2) is 5.82 Å². The fraction of sp³-hybridized carbons (Fsp3) is 0.455. The van der Waals surface area contributed by atoms with Crippen molar-refractivity contribution < 1.29 is 24.0 Å². The molecule has 3 saturated heterocycles. The summed E-state index contributed by atoms with van der Waals surface area (Å²) in [7, 11) is 0. The van der Waals surface area contributed by atoms with E-state index in [2.05, 4.69) is 57.6 Å². The molecular weight excluding hydrogens is 802 g/mol. The monoisotopic (exact) mass is 849 g/mol. The molecule has 2 aromatic carbocycles. The number of nitrogens with zero attached hydrogens (tertiary/aromatic N) is 8. The second-order valence-electron chi connectivity index (χ2n) is 16.9. The Morgan fingerprint density at radius 3 is 2.30 bits per heavy atom. The Labute approximate surface area is 357 Å². The number of rotatable bonds is 7. The third-order valence-electron chi connectivity index (χ3n) is 13.1. The predicted octanol–water partition coefficient (Wildman–Crippen LogP) is 5.43. The van der Waals surface area contributed by atoms with Gasteiger partial charge in [-0.25, -0.2) is 0 Å². The summed E-state index contributed by atoms with van der Waals surface area (Å²) in [6, 6.07) is 12.0. The van der Waals surface area contributed by atoms with Gasteiger partial charge in [-0.15, -0.1) is 21.5 Å². The summed E-state index contributed by atoms with van der Waals surface area (Å²) in [5.74, 6) is -0.0709. The Bertz CT molecular complexity index is 2460. The maximum Gasteiger partial charge on any atom is 0.262 e. The number of hydrogen-bond donors (Lipinski definition) is 1. The number of carbonyl (C=O) groups is 5. The van der Waals surface area contributed by atoms with Crippen LogP contribution in [0.4, 0.5) is 5.69 Å². The van der Waals surface area contributed by atoms with Crippen molar-refractivity contribution in [2.45, 2.75) is 90.9 Å². The van der Waals surface area contributed by atoms with Crippen LogP contribution in [-0.2, 0) is 14.4 Å². The number of nitrogens with one attached hydrogen (secondary N) is 1. The molecule has 4 atom stereocenters. The number of aliphatic imine (C=N–C) groups is 1. The van der Waals surface area contributed by atoms with Crippen molar-refractivity contribution in [3.05, 3.63) is 91.8 Å². The van der Waals surface area contributed by atoms with Gasteiger partial charge in [0.05, 0.1) is 23.3 Å². The first-order chi connectivity index (χ1) is 28.8. The first kappa shape index (κ1) is 40.2. The number of anilines is 1. The number of fused-ring (bicyclic) bond motifs is 4. The number of aromatic nitrogens is 3. The summed E-state index contributed by atoms with van der Waals surface area (Å²) in [5.41, 5.74) is 5.40. The quantitative estimate of drug-likeness (QED) is 0.240. The zero-order chi connectivity index (χ0) is 42.1. The van der Waals surface area contributed by atoms with Gasteiger partial charge in [0.2, 0.25) is 17.7 Å². The van der Waals surface area contributed by atoms with E-state index in [9.17, 15) is 24.0 Å². The largest absolute Gasteiger partial charge is 0.368 e. The number of imide groups is 2. The van der Waals surface area contributed by atoms with Gasteiger partial charge in [-0.1, -0.05) is 23.7 Å². The molecule has 5 aliphatic heterocycles. The second kappa shape index (κ2) is 15.7. The average molecular weight is 850 g/mol. The molecule has 3 fully saturated rings. The van der Waals surface area contributed by atoms with E-state index < -0.39 is 35.7 Å². The van der Waals surface area contributed by atoms with Crippen molar-refractivity contribution in [3.63, 3.8) is 0 Å². The summed E-state index contributed by atoms with van der Waals surface area (Å²) < 4.78 is 2.08. The van der Waals surface area contributed by atoms with Crippen LogP contribution in [0.5, 0.6) is 0 Å². The van der Waals surface area contributed by atoms with Crippen LogP contribution in [0.2, 0.25) is 5.02 Å². The topological polar surface area (TPSA) is 153 Å². The van der Waals surface area contributed by atoms with Crippen LogP contribution >= 0.6 is 22.9 Å². The molecule has 5 amide bonds. The Kier molecular flexibility index (Phi) is 10.5. The molecule has 14 nitrogen and oxygen atoms in total. The molecule has 1 N–H and O–H groups in total. The second-order valence-corrected chi connectivity index (χ2v) is 18.5. The molecule has 9 rings (SSSR count). The molecule has 0 bridgehead atoms. The molecule has 0 spiro atoms. The number of hydrogen-bond acceptors (Lipinski definition) is 11. The Morgan fingerprint density at radius 2 is 1.60 bits per heavy atom. The van der Waals surface area contributed by atoms with Gasteiger partial charge in [0.25, 0.3) is 11.8 Å². The van der Waals surface area contributed by atoms with E-state index in [-0.39, 0.29) is 48.4 Å². The predicted molar refractivity (Wildman–Crippen MR) is 228 cm³/mol. The molecule has 312 valence electrons. The number of amides is 5. The number of piperidine rings is 2. The van der Waals surface area contributed by atoms with Crippen LogP contribution in [-0.4, -0.2) is 116 Å². The normalized spacial score (nSPS) is 23.6. The molecule has 0 radical (unpaired) electrons. The summed E-state index contributed by atoms with van der Waals surface area (Å²) >= 11 is 7.98. The van der Waals surface area contributed by atoms with Crippen LogP contribution < -0.4 is 10.2 Å². The highest BCUT2D eigenvalue weighted by atomic mass is 35.5. The minimum Gasteiger partial charge on any atom is -0.368 e.